The number of rotatable bonds is 4. The molecule has 0 unspecified atom stereocenters. The van der Waals surface area contributed by atoms with Crippen molar-refractivity contribution < 1.29 is 18.7 Å². The van der Waals surface area contributed by atoms with Crippen molar-refractivity contribution in [3.8, 4) is 11.3 Å². The Hall–Kier alpha value is -2.44. The molecule has 2 heterocycles. The Kier molecular flexibility index (Phi) is 4.74. The molecule has 25 heavy (non-hydrogen) atoms. The van der Waals surface area contributed by atoms with E-state index in [1.54, 1.807) is 26.2 Å². The molecule has 0 saturated heterocycles. The number of aromatic nitrogens is 1. The number of halogens is 2. The van der Waals surface area contributed by atoms with E-state index in [0.29, 0.717) is 16.1 Å². The van der Waals surface area contributed by atoms with Gasteiger partial charge in [0.2, 0.25) is 0 Å². The molecule has 130 valence electrons. The van der Waals surface area contributed by atoms with Gasteiger partial charge < -0.3 is 14.4 Å². The Morgan fingerprint density at radius 3 is 2.84 bits per heavy atom. The average molecular weight is 363 g/mol. The van der Waals surface area contributed by atoms with Crippen LogP contribution in [0.1, 0.15) is 15.9 Å². The minimum atomic E-state index is -0.588. The van der Waals surface area contributed by atoms with E-state index in [1.165, 1.54) is 17.0 Å². The average Bonchev–Trinajstić information content (AvgIpc) is 3.02. The molecule has 1 aromatic carbocycles. The highest BCUT2D eigenvalue weighted by molar-refractivity contribution is 6.35. The first-order chi connectivity index (χ1) is 11.9. The molecule has 0 fully saturated rings. The normalized spacial score (nSPS) is 11.1. The maximum Gasteiger partial charge on any atom is 0.253 e. The number of aliphatic hydroxyl groups is 1. The number of fused-ring (bicyclic) bond motifs is 1. The topological polar surface area (TPSA) is 66.6 Å². The molecular formula is C18H16ClFN2O3. The number of hydrogen-bond acceptors (Lipinski definition) is 4. The molecule has 0 aliphatic heterocycles. The number of likely N-dealkylation sites (N-methyl/N-ethyl adjacent to an activating group) is 1. The molecule has 3 rings (SSSR count). The molecule has 1 amide bonds. The lowest BCUT2D eigenvalue weighted by molar-refractivity contribution is 0.0766. The van der Waals surface area contributed by atoms with Crippen LogP contribution in [0.3, 0.4) is 0 Å². The lowest BCUT2D eigenvalue weighted by Gasteiger charge is -2.15. The quantitative estimate of drug-likeness (QED) is 0.769. The number of amides is 1. The predicted octanol–water partition coefficient (Wildman–Crippen LogP) is 3.66. The third-order valence-electron chi connectivity index (χ3n) is 3.92. The Labute approximate surface area is 148 Å². The second kappa shape index (κ2) is 6.82. The molecule has 0 saturated carbocycles. The Morgan fingerprint density at radius 2 is 2.16 bits per heavy atom. The molecular weight excluding hydrogens is 347 g/mol. The summed E-state index contributed by atoms with van der Waals surface area (Å²) in [6.07, 6.45) is 1.62. The molecule has 3 aromatic rings. The predicted molar refractivity (Wildman–Crippen MR) is 93.2 cm³/mol. The van der Waals surface area contributed by atoms with Crippen LogP contribution in [0, 0.1) is 12.7 Å². The highest BCUT2D eigenvalue weighted by atomic mass is 35.5. The zero-order chi connectivity index (χ0) is 18.1. The summed E-state index contributed by atoms with van der Waals surface area (Å²) >= 11 is 6.20. The molecule has 0 aliphatic carbocycles. The van der Waals surface area contributed by atoms with Crippen LogP contribution in [0.4, 0.5) is 4.39 Å². The van der Waals surface area contributed by atoms with E-state index in [2.05, 4.69) is 4.98 Å². The van der Waals surface area contributed by atoms with Gasteiger partial charge in [0.25, 0.3) is 5.91 Å². The molecule has 0 bridgehead atoms. The summed E-state index contributed by atoms with van der Waals surface area (Å²) in [5.41, 5.74) is 2.11. The minimum absolute atomic E-state index is 0.158. The Morgan fingerprint density at radius 1 is 1.40 bits per heavy atom. The van der Waals surface area contributed by atoms with Gasteiger partial charge in [-0.2, -0.15) is 0 Å². The van der Waals surface area contributed by atoms with Crippen molar-refractivity contribution in [3.63, 3.8) is 0 Å². The first kappa shape index (κ1) is 17.4. The number of nitrogens with zero attached hydrogens (tertiary/aromatic N) is 2. The lowest BCUT2D eigenvalue weighted by Crippen LogP contribution is -2.29. The molecule has 0 atom stereocenters. The van der Waals surface area contributed by atoms with Crippen molar-refractivity contribution in [2.45, 2.75) is 6.92 Å². The van der Waals surface area contributed by atoms with Crippen molar-refractivity contribution in [2.24, 2.45) is 0 Å². The second-order valence-electron chi connectivity index (χ2n) is 5.73. The van der Waals surface area contributed by atoms with Gasteiger partial charge in [0, 0.05) is 31.4 Å². The van der Waals surface area contributed by atoms with Gasteiger partial charge in [0.1, 0.15) is 17.1 Å². The van der Waals surface area contributed by atoms with Crippen molar-refractivity contribution >= 4 is 28.6 Å². The third-order valence-corrected chi connectivity index (χ3v) is 4.39. The SMILES string of the molecule is Cc1cnc2cc(-c3ccc(C(=O)N(C)CCO)cc3F)oc2c1Cl. The van der Waals surface area contributed by atoms with Crippen LogP contribution < -0.4 is 0 Å². The van der Waals surface area contributed by atoms with E-state index in [1.807, 2.05) is 0 Å². The number of benzene rings is 1. The van der Waals surface area contributed by atoms with Crippen LogP contribution >= 0.6 is 11.6 Å². The summed E-state index contributed by atoms with van der Waals surface area (Å²) in [6, 6.07) is 5.76. The van der Waals surface area contributed by atoms with E-state index in [9.17, 15) is 9.18 Å². The van der Waals surface area contributed by atoms with Crippen molar-refractivity contribution in [1.29, 1.82) is 0 Å². The minimum Gasteiger partial charge on any atom is -0.453 e. The number of furan rings is 1. The number of pyridine rings is 1. The van der Waals surface area contributed by atoms with E-state index in [-0.39, 0.29) is 35.9 Å². The number of aliphatic hydroxyl groups excluding tert-OH is 1. The summed E-state index contributed by atoms with van der Waals surface area (Å²) < 4.78 is 20.2. The van der Waals surface area contributed by atoms with Gasteiger partial charge in [-0.05, 0) is 30.7 Å². The fourth-order valence-corrected chi connectivity index (χ4v) is 2.67. The van der Waals surface area contributed by atoms with Gasteiger partial charge in [-0.25, -0.2) is 4.39 Å². The first-order valence-corrected chi connectivity index (χ1v) is 8.01. The Balaban J connectivity index is 1.99. The smallest absolute Gasteiger partial charge is 0.253 e. The number of aryl methyl sites for hydroxylation is 1. The van der Waals surface area contributed by atoms with Crippen LogP contribution in [0.25, 0.3) is 22.4 Å². The zero-order valence-electron chi connectivity index (χ0n) is 13.7. The molecule has 0 radical (unpaired) electrons. The molecule has 0 spiro atoms. The maximum absolute atomic E-state index is 14.5. The van der Waals surface area contributed by atoms with Gasteiger partial charge >= 0.3 is 0 Å². The van der Waals surface area contributed by atoms with Crippen LogP contribution in [0.5, 0.6) is 0 Å². The Bertz CT molecular complexity index is 955. The van der Waals surface area contributed by atoms with E-state index in [4.69, 9.17) is 21.1 Å². The number of hydrogen-bond donors (Lipinski definition) is 1. The van der Waals surface area contributed by atoms with Crippen LogP contribution in [-0.2, 0) is 0 Å². The zero-order valence-corrected chi connectivity index (χ0v) is 14.5. The van der Waals surface area contributed by atoms with Gasteiger partial charge in [-0.1, -0.05) is 11.6 Å². The van der Waals surface area contributed by atoms with E-state index >= 15 is 0 Å². The summed E-state index contributed by atoms with van der Waals surface area (Å²) in [5.74, 6) is -0.671. The van der Waals surface area contributed by atoms with Gasteiger partial charge in [0.15, 0.2) is 5.58 Å². The van der Waals surface area contributed by atoms with E-state index in [0.717, 1.165) is 11.6 Å². The fourth-order valence-electron chi connectivity index (χ4n) is 2.49. The molecule has 1 N–H and O–H groups in total. The first-order valence-electron chi connectivity index (χ1n) is 7.63. The van der Waals surface area contributed by atoms with Crippen molar-refractivity contribution in [3.05, 3.63) is 52.4 Å². The highest BCUT2D eigenvalue weighted by Crippen LogP contribution is 2.33. The van der Waals surface area contributed by atoms with Gasteiger partial charge in [-0.15, -0.1) is 0 Å². The van der Waals surface area contributed by atoms with Crippen LogP contribution in [0.2, 0.25) is 5.02 Å². The second-order valence-corrected chi connectivity index (χ2v) is 6.10. The van der Waals surface area contributed by atoms with Gasteiger partial charge in [0.05, 0.1) is 17.2 Å². The number of carbonyl (C=O) groups is 1. The largest absolute Gasteiger partial charge is 0.453 e. The van der Waals surface area contributed by atoms with Crippen LogP contribution in [-0.4, -0.2) is 41.1 Å². The lowest BCUT2D eigenvalue weighted by atomic mass is 10.1. The van der Waals surface area contributed by atoms with Crippen LogP contribution in [0.15, 0.2) is 34.9 Å². The molecule has 2 aromatic heterocycles. The van der Waals surface area contributed by atoms with Gasteiger partial charge in [-0.3, -0.25) is 9.78 Å². The van der Waals surface area contributed by atoms with Crippen molar-refractivity contribution in [1.82, 2.24) is 9.88 Å². The standard InChI is InChI=1S/C18H16ClFN2O3/c1-10-9-21-14-8-15(25-17(14)16(10)19)12-4-3-11(7-13(12)20)18(24)22(2)5-6-23/h3-4,7-9,23H,5-6H2,1-2H3. The third kappa shape index (κ3) is 3.23. The summed E-state index contributed by atoms with van der Waals surface area (Å²) in [5, 5.41) is 9.33. The summed E-state index contributed by atoms with van der Waals surface area (Å²) in [7, 11) is 1.54. The molecule has 5 nitrogen and oxygen atoms in total. The summed E-state index contributed by atoms with van der Waals surface area (Å²) in [4.78, 5) is 17.7. The van der Waals surface area contributed by atoms with E-state index < -0.39 is 5.82 Å². The summed E-state index contributed by atoms with van der Waals surface area (Å²) in [6.45, 7) is 1.82. The fraction of sp³-hybridized carbons (Fsp3) is 0.222. The molecule has 7 heteroatoms. The highest BCUT2D eigenvalue weighted by Gasteiger charge is 2.18. The maximum atomic E-state index is 14.5. The number of carbonyl (C=O) groups excluding carboxylic acids is 1. The molecule has 0 aliphatic rings. The van der Waals surface area contributed by atoms with Crippen molar-refractivity contribution in [2.75, 3.05) is 20.2 Å². The monoisotopic (exact) mass is 362 g/mol.